The molecule has 1 aliphatic rings. The maximum Gasteiger partial charge on any atom is 0.289 e. The van der Waals surface area contributed by atoms with E-state index in [9.17, 15) is 9.59 Å². The predicted octanol–water partition coefficient (Wildman–Crippen LogP) is 0.264. The topological polar surface area (TPSA) is 92.8 Å². The lowest BCUT2D eigenvalue weighted by molar-refractivity contribution is -0.895. The number of carbonyl (C=O) groups is 2. The van der Waals surface area contributed by atoms with Gasteiger partial charge in [0.25, 0.3) is 11.8 Å². The van der Waals surface area contributed by atoms with Gasteiger partial charge in [-0.3, -0.25) is 9.59 Å². The minimum Gasteiger partial charge on any atom is -0.459 e. The van der Waals surface area contributed by atoms with E-state index in [2.05, 4.69) is 14.1 Å². The van der Waals surface area contributed by atoms with Crippen LogP contribution < -0.4 is 10.2 Å². The second-order valence-corrected chi connectivity index (χ2v) is 6.71. The number of amides is 2. The van der Waals surface area contributed by atoms with Gasteiger partial charge in [0.15, 0.2) is 12.3 Å². The molecule has 0 radical (unpaired) electrons. The minimum atomic E-state index is -0.0961. The highest BCUT2D eigenvalue weighted by Gasteiger charge is 2.27. The van der Waals surface area contributed by atoms with Gasteiger partial charge in [0.05, 0.1) is 49.9 Å². The van der Waals surface area contributed by atoms with Crippen molar-refractivity contribution in [1.29, 1.82) is 0 Å². The molecule has 4 rings (SSSR count). The summed E-state index contributed by atoms with van der Waals surface area (Å²) in [5.74, 6) is 0.198. The van der Waals surface area contributed by atoms with Crippen molar-refractivity contribution < 1.29 is 18.9 Å². The summed E-state index contributed by atoms with van der Waals surface area (Å²) < 4.78 is 13.6. The number of furan rings is 1. The Bertz CT molecular complexity index is 916. The minimum absolute atomic E-state index is 0.0636. The number of nitrogens with zero attached hydrogens (tertiary/aromatic N) is 3. The zero-order valence-corrected chi connectivity index (χ0v) is 14.8. The van der Waals surface area contributed by atoms with Gasteiger partial charge in [0, 0.05) is 0 Å². The van der Waals surface area contributed by atoms with Crippen LogP contribution in [0.3, 0.4) is 0 Å². The largest absolute Gasteiger partial charge is 0.459 e. The molecule has 134 valence electrons. The first-order valence-electron chi connectivity index (χ1n) is 8.38. The summed E-state index contributed by atoms with van der Waals surface area (Å²) in [6, 6.07) is 8.93. The van der Waals surface area contributed by atoms with Crippen molar-refractivity contribution >= 4 is 40.3 Å². The number of aromatic nitrogens is 2. The van der Waals surface area contributed by atoms with E-state index in [1.807, 2.05) is 18.2 Å². The first-order chi connectivity index (χ1) is 12.7. The second-order valence-electron chi connectivity index (χ2n) is 6.18. The molecule has 2 N–H and O–H groups in total. The Labute approximate surface area is 153 Å². The average molecular weight is 372 g/mol. The molecule has 1 aromatic carbocycles. The highest BCUT2D eigenvalue weighted by molar-refractivity contribution is 7.00. The third-order valence-electron chi connectivity index (χ3n) is 4.46. The third-order valence-corrected chi connectivity index (χ3v) is 5.00. The van der Waals surface area contributed by atoms with E-state index in [4.69, 9.17) is 4.42 Å². The highest BCUT2D eigenvalue weighted by atomic mass is 32.1. The van der Waals surface area contributed by atoms with Crippen LogP contribution >= 0.6 is 11.7 Å². The summed E-state index contributed by atoms with van der Waals surface area (Å²) in [5, 5.41) is 2.92. The maximum atomic E-state index is 12.4. The Hall–Kier alpha value is -2.78. The summed E-state index contributed by atoms with van der Waals surface area (Å²) in [6.45, 7) is 3.02. The van der Waals surface area contributed by atoms with Gasteiger partial charge >= 0.3 is 0 Å². The van der Waals surface area contributed by atoms with Gasteiger partial charge in [-0.25, -0.2) is 0 Å². The SMILES string of the molecule is O=C(C[NH+]1CCN(C(=O)c2ccco2)CC1)Nc1cccc2nsnc12. The Balaban J connectivity index is 1.31. The molecule has 3 heterocycles. The van der Waals surface area contributed by atoms with Gasteiger partial charge in [-0.1, -0.05) is 6.07 Å². The summed E-state index contributed by atoms with van der Waals surface area (Å²) >= 11 is 1.13. The van der Waals surface area contributed by atoms with Crippen molar-refractivity contribution in [3.63, 3.8) is 0 Å². The van der Waals surface area contributed by atoms with Crippen LogP contribution in [-0.2, 0) is 4.79 Å². The fraction of sp³-hybridized carbons (Fsp3) is 0.294. The number of nitrogens with one attached hydrogen (secondary N) is 2. The standard InChI is InChI=1S/C17H17N5O3S/c23-15(18-12-3-1-4-13-16(12)20-26-19-13)11-21-6-8-22(9-7-21)17(24)14-5-2-10-25-14/h1-5,10H,6-9,11H2,(H,18,23)/p+1. The van der Waals surface area contributed by atoms with E-state index < -0.39 is 0 Å². The Morgan fingerprint density at radius 3 is 2.81 bits per heavy atom. The number of hydrogen-bond acceptors (Lipinski definition) is 6. The van der Waals surface area contributed by atoms with Crippen LogP contribution in [0, 0.1) is 0 Å². The van der Waals surface area contributed by atoms with Crippen molar-refractivity contribution in [3.8, 4) is 0 Å². The number of quaternary nitrogens is 1. The van der Waals surface area contributed by atoms with Crippen LogP contribution in [0.2, 0.25) is 0 Å². The van der Waals surface area contributed by atoms with Crippen LogP contribution in [0.5, 0.6) is 0 Å². The monoisotopic (exact) mass is 372 g/mol. The van der Waals surface area contributed by atoms with E-state index in [1.165, 1.54) is 6.26 Å². The van der Waals surface area contributed by atoms with Gasteiger partial charge in [-0.15, -0.1) is 0 Å². The van der Waals surface area contributed by atoms with Crippen molar-refractivity contribution in [1.82, 2.24) is 13.6 Å². The van der Waals surface area contributed by atoms with Crippen molar-refractivity contribution in [2.24, 2.45) is 0 Å². The Morgan fingerprint density at radius 1 is 1.19 bits per heavy atom. The van der Waals surface area contributed by atoms with E-state index >= 15 is 0 Å². The molecular weight excluding hydrogens is 354 g/mol. The zero-order chi connectivity index (χ0) is 17.9. The molecular formula is C17H18N5O3S+. The first-order valence-corrected chi connectivity index (χ1v) is 9.11. The zero-order valence-electron chi connectivity index (χ0n) is 14.0. The van der Waals surface area contributed by atoms with Crippen LogP contribution in [0.15, 0.2) is 41.0 Å². The number of fused-ring (bicyclic) bond motifs is 1. The highest BCUT2D eigenvalue weighted by Crippen LogP contribution is 2.20. The summed E-state index contributed by atoms with van der Waals surface area (Å²) in [6.07, 6.45) is 1.50. The van der Waals surface area contributed by atoms with E-state index in [0.717, 1.165) is 40.8 Å². The molecule has 0 atom stereocenters. The molecule has 26 heavy (non-hydrogen) atoms. The average Bonchev–Trinajstić information content (AvgIpc) is 3.34. The maximum absolute atomic E-state index is 12.4. The molecule has 1 aliphatic heterocycles. The molecule has 0 aliphatic carbocycles. The fourth-order valence-corrected chi connectivity index (χ4v) is 3.64. The Morgan fingerprint density at radius 2 is 2.04 bits per heavy atom. The Kier molecular flexibility index (Phi) is 4.63. The lowest BCUT2D eigenvalue weighted by atomic mass is 10.2. The predicted molar refractivity (Wildman–Crippen MR) is 96.2 cm³/mol. The number of hydrogen-bond donors (Lipinski definition) is 2. The molecule has 0 unspecified atom stereocenters. The number of anilines is 1. The number of rotatable bonds is 4. The molecule has 8 nitrogen and oxygen atoms in total. The van der Waals surface area contributed by atoms with Crippen molar-refractivity contribution in [2.75, 3.05) is 38.0 Å². The summed E-state index contributed by atoms with van der Waals surface area (Å²) in [4.78, 5) is 27.6. The van der Waals surface area contributed by atoms with Crippen LogP contribution in [0.25, 0.3) is 11.0 Å². The lowest BCUT2D eigenvalue weighted by Crippen LogP contribution is -3.15. The van der Waals surface area contributed by atoms with E-state index in [-0.39, 0.29) is 11.8 Å². The quantitative estimate of drug-likeness (QED) is 0.686. The molecule has 0 saturated carbocycles. The fourth-order valence-electron chi connectivity index (χ4n) is 3.09. The van der Waals surface area contributed by atoms with Gasteiger partial charge in [-0.05, 0) is 24.3 Å². The summed E-state index contributed by atoms with van der Waals surface area (Å²) in [5.41, 5.74) is 2.19. The van der Waals surface area contributed by atoms with Crippen molar-refractivity contribution in [3.05, 3.63) is 42.4 Å². The smallest absolute Gasteiger partial charge is 0.289 e. The molecule has 0 bridgehead atoms. The van der Waals surface area contributed by atoms with Crippen LogP contribution in [0.4, 0.5) is 5.69 Å². The molecule has 0 spiro atoms. The molecule has 3 aromatic rings. The summed E-state index contributed by atoms with van der Waals surface area (Å²) in [7, 11) is 0. The van der Waals surface area contributed by atoms with Crippen molar-refractivity contribution in [2.45, 2.75) is 0 Å². The van der Waals surface area contributed by atoms with Crippen LogP contribution in [0.1, 0.15) is 10.6 Å². The number of benzene rings is 1. The van der Waals surface area contributed by atoms with Gasteiger partial charge in [0.2, 0.25) is 0 Å². The first kappa shape index (κ1) is 16.7. The van der Waals surface area contributed by atoms with E-state index in [1.54, 1.807) is 17.0 Å². The molecule has 9 heteroatoms. The number of carbonyl (C=O) groups excluding carboxylic acids is 2. The van der Waals surface area contributed by atoms with Gasteiger partial charge in [0.1, 0.15) is 11.0 Å². The third kappa shape index (κ3) is 3.44. The second kappa shape index (κ2) is 7.22. The normalized spacial score (nSPS) is 15.3. The van der Waals surface area contributed by atoms with Gasteiger partial charge in [-0.2, -0.15) is 8.75 Å². The van der Waals surface area contributed by atoms with E-state index in [0.29, 0.717) is 31.1 Å². The molecule has 1 saturated heterocycles. The van der Waals surface area contributed by atoms with Crippen LogP contribution in [-0.4, -0.2) is 58.2 Å². The lowest BCUT2D eigenvalue weighted by Gasteiger charge is -2.31. The number of piperazine rings is 1. The molecule has 1 fully saturated rings. The molecule has 2 aromatic heterocycles. The molecule has 2 amide bonds. The van der Waals surface area contributed by atoms with Gasteiger partial charge < -0.3 is 19.5 Å².